The van der Waals surface area contributed by atoms with Crippen LogP contribution in [-0.4, -0.2) is 91.7 Å². The topological polar surface area (TPSA) is 65.1 Å². The second kappa shape index (κ2) is 9.08. The molecule has 0 bridgehead atoms. The Balaban J connectivity index is 1.64. The molecule has 0 aromatic carbocycles. The fraction of sp³-hybridized carbons (Fsp3) is 0.875. The van der Waals surface area contributed by atoms with E-state index >= 15 is 0 Å². The van der Waals surface area contributed by atoms with Gasteiger partial charge in [-0.05, 0) is 26.3 Å². The third-order valence-corrected chi connectivity index (χ3v) is 4.67. The van der Waals surface area contributed by atoms with Crippen molar-refractivity contribution in [1.29, 1.82) is 0 Å². The Kier molecular flexibility index (Phi) is 7.11. The Hall–Kier alpha value is -1.34. The average Bonchev–Trinajstić information content (AvgIpc) is 2.56. The molecular weight excluding hydrogens is 296 g/mol. The molecule has 0 unspecified atom stereocenters. The van der Waals surface area contributed by atoms with Crippen LogP contribution in [0.4, 0.5) is 4.79 Å². The van der Waals surface area contributed by atoms with Gasteiger partial charge < -0.3 is 19.9 Å². The highest BCUT2D eigenvalue weighted by Gasteiger charge is 2.24. The average molecular weight is 326 g/mol. The normalized spacial score (nSPS) is 21.2. The van der Waals surface area contributed by atoms with Crippen LogP contribution < -0.4 is 5.32 Å². The molecule has 132 valence electrons. The van der Waals surface area contributed by atoms with E-state index < -0.39 is 0 Å². The highest BCUT2D eigenvalue weighted by molar-refractivity contribution is 5.78. The highest BCUT2D eigenvalue weighted by atomic mass is 16.6. The molecule has 0 aromatic heterocycles. The first-order valence-electron chi connectivity index (χ1n) is 8.78. The number of ether oxygens (including phenoxy) is 1. The summed E-state index contributed by atoms with van der Waals surface area (Å²) in [6.07, 6.45) is 1.83. The number of amides is 2. The maximum Gasteiger partial charge on any atom is 0.409 e. The van der Waals surface area contributed by atoms with Crippen molar-refractivity contribution in [3.05, 3.63) is 0 Å². The smallest absolute Gasteiger partial charge is 0.409 e. The highest BCUT2D eigenvalue weighted by Crippen LogP contribution is 2.10. The van der Waals surface area contributed by atoms with Gasteiger partial charge in [0, 0.05) is 45.3 Å². The van der Waals surface area contributed by atoms with Gasteiger partial charge in [0.1, 0.15) is 0 Å². The number of likely N-dealkylation sites (tertiary alicyclic amines) is 1. The van der Waals surface area contributed by atoms with Crippen LogP contribution in [0.25, 0.3) is 0 Å². The molecule has 0 atom stereocenters. The summed E-state index contributed by atoms with van der Waals surface area (Å²) in [6, 6.07) is 0.311. The number of piperazine rings is 1. The molecule has 23 heavy (non-hydrogen) atoms. The Morgan fingerprint density at radius 1 is 1.00 bits per heavy atom. The molecule has 0 spiro atoms. The number of piperidine rings is 1. The largest absolute Gasteiger partial charge is 0.450 e. The van der Waals surface area contributed by atoms with Crippen LogP contribution in [0.1, 0.15) is 26.7 Å². The maximum atomic E-state index is 12.2. The lowest BCUT2D eigenvalue weighted by Crippen LogP contribution is -2.52. The van der Waals surface area contributed by atoms with Crippen LogP contribution in [0.2, 0.25) is 0 Å². The van der Waals surface area contributed by atoms with Gasteiger partial charge in [-0.25, -0.2) is 4.79 Å². The van der Waals surface area contributed by atoms with Crippen molar-refractivity contribution < 1.29 is 14.3 Å². The van der Waals surface area contributed by atoms with Crippen LogP contribution in [0, 0.1) is 0 Å². The third kappa shape index (κ3) is 5.66. The fourth-order valence-corrected chi connectivity index (χ4v) is 3.17. The van der Waals surface area contributed by atoms with Crippen LogP contribution in [0.15, 0.2) is 0 Å². The first kappa shape index (κ1) is 18.0. The summed E-state index contributed by atoms with van der Waals surface area (Å²) in [5, 5.41) is 3.15. The zero-order valence-corrected chi connectivity index (χ0v) is 14.4. The van der Waals surface area contributed by atoms with Gasteiger partial charge in [0.2, 0.25) is 5.91 Å². The van der Waals surface area contributed by atoms with Crippen molar-refractivity contribution in [3.63, 3.8) is 0 Å². The van der Waals surface area contributed by atoms with E-state index in [1.54, 1.807) is 4.90 Å². The monoisotopic (exact) mass is 326 g/mol. The fourth-order valence-electron chi connectivity index (χ4n) is 3.17. The number of hydrogen-bond donors (Lipinski definition) is 1. The molecule has 0 aliphatic carbocycles. The Morgan fingerprint density at radius 2 is 1.65 bits per heavy atom. The molecule has 2 saturated heterocycles. The summed E-state index contributed by atoms with van der Waals surface area (Å²) in [5.41, 5.74) is 0. The molecule has 0 radical (unpaired) electrons. The lowest BCUT2D eigenvalue weighted by Gasteiger charge is -2.35. The Bertz CT molecular complexity index is 389. The Morgan fingerprint density at radius 3 is 2.22 bits per heavy atom. The molecule has 7 nitrogen and oxygen atoms in total. The number of carbonyl (C=O) groups excluding carboxylic acids is 2. The standard InChI is InChI=1S/C16H30N4O3/c1-3-18-7-5-14(6-8-18)17-15(21)13-19-9-11-20(12-10-19)16(22)23-4-2/h14H,3-13H2,1-2H3,(H,17,21). The lowest BCUT2D eigenvalue weighted by molar-refractivity contribution is -0.123. The minimum absolute atomic E-state index is 0.101. The molecule has 2 fully saturated rings. The number of rotatable bonds is 5. The van der Waals surface area contributed by atoms with Gasteiger partial charge in [-0.15, -0.1) is 0 Å². The second-order valence-corrected chi connectivity index (χ2v) is 6.24. The van der Waals surface area contributed by atoms with Gasteiger partial charge in [0.05, 0.1) is 13.2 Å². The van der Waals surface area contributed by atoms with Gasteiger partial charge in [-0.2, -0.15) is 0 Å². The molecule has 7 heteroatoms. The molecule has 1 N–H and O–H groups in total. The van der Waals surface area contributed by atoms with Crippen molar-refractivity contribution in [1.82, 2.24) is 20.0 Å². The summed E-state index contributed by atoms with van der Waals surface area (Å²) in [6.45, 7) is 10.7. The summed E-state index contributed by atoms with van der Waals surface area (Å²) < 4.78 is 5.00. The van der Waals surface area contributed by atoms with E-state index in [9.17, 15) is 9.59 Å². The molecular formula is C16H30N4O3. The number of hydrogen-bond acceptors (Lipinski definition) is 5. The second-order valence-electron chi connectivity index (χ2n) is 6.24. The van der Waals surface area contributed by atoms with E-state index in [1.807, 2.05) is 6.92 Å². The minimum Gasteiger partial charge on any atom is -0.450 e. The van der Waals surface area contributed by atoms with Crippen LogP contribution >= 0.6 is 0 Å². The van der Waals surface area contributed by atoms with E-state index in [2.05, 4.69) is 22.0 Å². The van der Waals surface area contributed by atoms with E-state index in [-0.39, 0.29) is 12.0 Å². The van der Waals surface area contributed by atoms with Gasteiger partial charge in [-0.1, -0.05) is 6.92 Å². The summed E-state index contributed by atoms with van der Waals surface area (Å²) in [4.78, 5) is 30.0. The Labute approximate surface area is 138 Å². The first-order valence-corrected chi connectivity index (χ1v) is 8.78. The molecule has 2 heterocycles. The number of nitrogens with zero attached hydrogens (tertiary/aromatic N) is 3. The third-order valence-electron chi connectivity index (χ3n) is 4.67. The van der Waals surface area contributed by atoms with Crippen molar-refractivity contribution in [3.8, 4) is 0 Å². The number of carbonyl (C=O) groups is 2. The van der Waals surface area contributed by atoms with Crippen LogP contribution in [-0.2, 0) is 9.53 Å². The molecule has 2 aliphatic rings. The van der Waals surface area contributed by atoms with E-state index in [0.717, 1.165) is 45.6 Å². The van der Waals surface area contributed by atoms with Crippen molar-refractivity contribution in [2.24, 2.45) is 0 Å². The van der Waals surface area contributed by atoms with Crippen molar-refractivity contribution >= 4 is 12.0 Å². The zero-order valence-electron chi connectivity index (χ0n) is 14.4. The summed E-state index contributed by atoms with van der Waals surface area (Å²) in [5.74, 6) is 0.101. The minimum atomic E-state index is -0.251. The van der Waals surface area contributed by atoms with Gasteiger partial charge in [0.25, 0.3) is 0 Å². The summed E-state index contributed by atoms with van der Waals surface area (Å²) >= 11 is 0. The predicted molar refractivity (Wildman–Crippen MR) is 88.3 cm³/mol. The van der Waals surface area contributed by atoms with Crippen molar-refractivity contribution in [2.45, 2.75) is 32.7 Å². The number of nitrogens with one attached hydrogen (secondary N) is 1. The van der Waals surface area contributed by atoms with Gasteiger partial charge in [-0.3, -0.25) is 9.69 Å². The predicted octanol–water partition coefficient (Wildman–Crippen LogP) is 0.361. The maximum absolute atomic E-state index is 12.2. The summed E-state index contributed by atoms with van der Waals surface area (Å²) in [7, 11) is 0. The molecule has 0 aromatic rings. The van der Waals surface area contributed by atoms with Crippen LogP contribution in [0.5, 0.6) is 0 Å². The van der Waals surface area contributed by atoms with E-state index in [4.69, 9.17) is 4.74 Å². The van der Waals surface area contributed by atoms with Crippen molar-refractivity contribution in [2.75, 3.05) is 59.0 Å². The molecule has 2 aliphatic heterocycles. The quantitative estimate of drug-likeness (QED) is 0.790. The van der Waals surface area contributed by atoms with E-state index in [0.29, 0.717) is 32.3 Å². The lowest BCUT2D eigenvalue weighted by atomic mass is 10.1. The van der Waals surface area contributed by atoms with Crippen LogP contribution in [0.3, 0.4) is 0 Å². The van der Waals surface area contributed by atoms with Gasteiger partial charge in [0.15, 0.2) is 0 Å². The van der Waals surface area contributed by atoms with E-state index in [1.165, 1.54) is 0 Å². The molecule has 2 amide bonds. The van der Waals surface area contributed by atoms with Gasteiger partial charge >= 0.3 is 6.09 Å². The molecule has 2 rings (SSSR count). The first-order chi connectivity index (χ1) is 11.1. The molecule has 0 saturated carbocycles. The SMILES string of the molecule is CCOC(=O)N1CCN(CC(=O)NC2CCN(CC)CC2)CC1. The zero-order chi connectivity index (χ0) is 16.7.